The van der Waals surface area contributed by atoms with Crippen molar-refractivity contribution in [3.63, 3.8) is 0 Å². The number of hydrogen-bond acceptors (Lipinski definition) is 4. The first-order valence-electron chi connectivity index (χ1n) is 4.20. The van der Waals surface area contributed by atoms with Crippen LogP contribution in [0.3, 0.4) is 0 Å². The van der Waals surface area contributed by atoms with E-state index in [-0.39, 0.29) is 18.4 Å². The van der Waals surface area contributed by atoms with Crippen LogP contribution in [-0.2, 0) is 4.74 Å². The minimum atomic E-state index is -0.874. The Balaban J connectivity index is 2.63. The topological polar surface area (TPSA) is 69.9 Å². The van der Waals surface area contributed by atoms with Gasteiger partial charge in [-0.05, 0) is 5.92 Å². The summed E-state index contributed by atoms with van der Waals surface area (Å²) in [5.74, 6) is -0.145. The van der Waals surface area contributed by atoms with E-state index in [2.05, 4.69) is 0 Å². The van der Waals surface area contributed by atoms with Gasteiger partial charge >= 0.3 is 0 Å². The van der Waals surface area contributed by atoms with Crippen molar-refractivity contribution >= 4 is 0 Å². The molecule has 1 aliphatic heterocycles. The lowest BCUT2D eigenvalue weighted by molar-refractivity contribution is -0.249. The molecular weight excluding hydrogens is 160 g/mol. The molecule has 0 aromatic rings. The summed E-state index contributed by atoms with van der Waals surface area (Å²) in [5.41, 5.74) is 0. The van der Waals surface area contributed by atoms with Crippen LogP contribution < -0.4 is 0 Å². The lowest BCUT2D eigenvalue weighted by Gasteiger charge is -2.39. The molecule has 12 heavy (non-hydrogen) atoms. The highest BCUT2D eigenvalue weighted by atomic mass is 16.6. The molecule has 1 heterocycles. The van der Waals surface area contributed by atoms with Gasteiger partial charge in [-0.3, -0.25) is 0 Å². The molecule has 0 radical (unpaired) electrons. The summed E-state index contributed by atoms with van der Waals surface area (Å²) >= 11 is 0. The zero-order valence-corrected chi connectivity index (χ0v) is 7.34. The number of rotatable bonds is 1. The van der Waals surface area contributed by atoms with Crippen LogP contribution in [0.25, 0.3) is 0 Å². The quantitative estimate of drug-likeness (QED) is 0.495. The van der Waals surface area contributed by atoms with E-state index >= 15 is 0 Å². The predicted molar refractivity (Wildman–Crippen MR) is 42.3 cm³/mol. The standard InChI is InChI=1S/C8H16O4/c1-4-5(2)8(11)12-6(3-9)7(4)10/h4-11H,3H2,1-2H3/t4-,5-,6-,7+,8?/m1/s1. The van der Waals surface area contributed by atoms with Crippen molar-refractivity contribution in [2.45, 2.75) is 32.3 Å². The van der Waals surface area contributed by atoms with Gasteiger partial charge in [0.2, 0.25) is 0 Å². The van der Waals surface area contributed by atoms with Crippen LogP contribution in [0.5, 0.6) is 0 Å². The lowest BCUT2D eigenvalue weighted by atomic mass is 9.85. The Hall–Kier alpha value is -0.160. The normalized spacial score (nSPS) is 49.2. The molecule has 4 heteroatoms. The van der Waals surface area contributed by atoms with E-state index in [0.29, 0.717) is 0 Å². The molecule has 1 unspecified atom stereocenters. The molecule has 1 fully saturated rings. The molecule has 3 N–H and O–H groups in total. The maximum Gasteiger partial charge on any atom is 0.158 e. The van der Waals surface area contributed by atoms with Gasteiger partial charge in [0, 0.05) is 5.92 Å². The molecule has 72 valence electrons. The molecule has 1 saturated heterocycles. The number of aliphatic hydroxyl groups is 3. The summed E-state index contributed by atoms with van der Waals surface area (Å²) in [6.07, 6.45) is -2.21. The fraction of sp³-hybridized carbons (Fsp3) is 1.00. The van der Waals surface area contributed by atoms with Gasteiger partial charge in [0.25, 0.3) is 0 Å². The van der Waals surface area contributed by atoms with Gasteiger partial charge in [0.05, 0.1) is 12.7 Å². The first-order valence-corrected chi connectivity index (χ1v) is 4.20. The summed E-state index contributed by atoms with van der Waals surface area (Å²) in [4.78, 5) is 0. The van der Waals surface area contributed by atoms with Gasteiger partial charge in [-0.25, -0.2) is 0 Å². The van der Waals surface area contributed by atoms with Gasteiger partial charge in [0.1, 0.15) is 6.10 Å². The Morgan fingerprint density at radius 2 is 1.75 bits per heavy atom. The number of aliphatic hydroxyl groups excluding tert-OH is 3. The highest BCUT2D eigenvalue weighted by Gasteiger charge is 2.39. The van der Waals surface area contributed by atoms with Gasteiger partial charge in [-0.15, -0.1) is 0 Å². The van der Waals surface area contributed by atoms with E-state index < -0.39 is 18.5 Å². The molecule has 4 nitrogen and oxygen atoms in total. The molecule has 1 aliphatic rings. The largest absolute Gasteiger partial charge is 0.394 e. The Bertz CT molecular complexity index is 145. The van der Waals surface area contributed by atoms with Crippen LogP contribution >= 0.6 is 0 Å². The molecular formula is C8H16O4. The summed E-state index contributed by atoms with van der Waals surface area (Å²) in [5, 5.41) is 27.6. The maximum absolute atomic E-state index is 9.53. The first kappa shape index (κ1) is 9.92. The highest BCUT2D eigenvalue weighted by Crippen LogP contribution is 2.28. The van der Waals surface area contributed by atoms with Crippen molar-refractivity contribution in [3.05, 3.63) is 0 Å². The number of ether oxygens (including phenoxy) is 1. The second-order valence-electron chi connectivity index (χ2n) is 3.46. The highest BCUT2D eigenvalue weighted by molar-refractivity contribution is 4.83. The number of hydrogen-bond donors (Lipinski definition) is 3. The van der Waals surface area contributed by atoms with Crippen molar-refractivity contribution < 1.29 is 20.1 Å². The third-order valence-corrected chi connectivity index (χ3v) is 2.69. The van der Waals surface area contributed by atoms with Gasteiger partial charge < -0.3 is 20.1 Å². The SMILES string of the molecule is C[C@H]1[C@H](O)[C@@H](CO)OC(O)[C@@H]1C. The minimum Gasteiger partial charge on any atom is -0.394 e. The zero-order chi connectivity index (χ0) is 9.30. The molecule has 0 spiro atoms. The molecule has 5 atom stereocenters. The molecule has 0 amide bonds. The van der Waals surface area contributed by atoms with Crippen molar-refractivity contribution in [2.24, 2.45) is 11.8 Å². The molecule has 0 aromatic heterocycles. The Morgan fingerprint density at radius 1 is 1.17 bits per heavy atom. The van der Waals surface area contributed by atoms with E-state index in [4.69, 9.17) is 9.84 Å². The van der Waals surface area contributed by atoms with Crippen LogP contribution in [0, 0.1) is 11.8 Å². The zero-order valence-electron chi connectivity index (χ0n) is 7.34. The Morgan fingerprint density at radius 3 is 2.25 bits per heavy atom. The van der Waals surface area contributed by atoms with E-state index in [0.717, 1.165) is 0 Å². The van der Waals surface area contributed by atoms with Gasteiger partial charge in [-0.1, -0.05) is 13.8 Å². The second kappa shape index (κ2) is 3.70. The van der Waals surface area contributed by atoms with E-state index in [1.807, 2.05) is 13.8 Å². The predicted octanol–water partition coefficient (Wildman–Crippen LogP) is -0.671. The van der Waals surface area contributed by atoms with Crippen LogP contribution in [0.1, 0.15) is 13.8 Å². The second-order valence-corrected chi connectivity index (χ2v) is 3.46. The molecule has 0 bridgehead atoms. The summed E-state index contributed by atoms with van der Waals surface area (Å²) in [7, 11) is 0. The minimum absolute atomic E-state index is 0.0501. The smallest absolute Gasteiger partial charge is 0.158 e. The van der Waals surface area contributed by atoms with E-state index in [1.165, 1.54) is 0 Å². The average Bonchev–Trinajstić information content (AvgIpc) is 2.08. The molecule has 0 aliphatic carbocycles. The molecule has 0 saturated carbocycles. The van der Waals surface area contributed by atoms with Crippen molar-refractivity contribution in [2.75, 3.05) is 6.61 Å². The fourth-order valence-electron chi connectivity index (χ4n) is 1.44. The van der Waals surface area contributed by atoms with Crippen molar-refractivity contribution in [1.82, 2.24) is 0 Å². The Labute approximate surface area is 71.8 Å². The van der Waals surface area contributed by atoms with Gasteiger partial charge in [-0.2, -0.15) is 0 Å². The first-order chi connectivity index (χ1) is 5.57. The van der Waals surface area contributed by atoms with Crippen LogP contribution in [0.2, 0.25) is 0 Å². The maximum atomic E-state index is 9.53. The fourth-order valence-corrected chi connectivity index (χ4v) is 1.44. The third-order valence-electron chi connectivity index (χ3n) is 2.69. The Kier molecular flexibility index (Phi) is 3.06. The summed E-state index contributed by atoms with van der Waals surface area (Å²) < 4.78 is 4.99. The van der Waals surface area contributed by atoms with Crippen LogP contribution in [-0.4, -0.2) is 40.4 Å². The molecule has 0 aromatic carbocycles. The van der Waals surface area contributed by atoms with E-state index in [9.17, 15) is 10.2 Å². The molecule has 1 rings (SSSR count). The summed E-state index contributed by atoms with van der Waals surface area (Å²) in [6.45, 7) is 3.39. The van der Waals surface area contributed by atoms with Gasteiger partial charge in [0.15, 0.2) is 6.29 Å². The third kappa shape index (κ3) is 1.61. The summed E-state index contributed by atoms with van der Waals surface area (Å²) in [6, 6.07) is 0. The van der Waals surface area contributed by atoms with E-state index in [1.54, 1.807) is 0 Å². The van der Waals surface area contributed by atoms with Crippen molar-refractivity contribution in [1.29, 1.82) is 0 Å². The average molecular weight is 176 g/mol. The van der Waals surface area contributed by atoms with Crippen LogP contribution in [0.4, 0.5) is 0 Å². The monoisotopic (exact) mass is 176 g/mol. The van der Waals surface area contributed by atoms with Crippen LogP contribution in [0.15, 0.2) is 0 Å². The van der Waals surface area contributed by atoms with Crippen molar-refractivity contribution in [3.8, 4) is 0 Å². The lowest BCUT2D eigenvalue weighted by Crippen LogP contribution is -2.50.